The topological polar surface area (TPSA) is 72.8 Å². The molecule has 37 heavy (non-hydrogen) atoms. The standard InChI is InChI=1S/C32H30O5/c1-5-21-14-18(2)7-10-28(21)37-32(35)20(4)29(24-9-11-27-23(16-24)12-13-36-27)30-26(33)17-22-8-6-19(3)15-25(22)31(30)34/h6-11,14-16,29,34H,4-5,12-13,17H2,1-3H3. The van der Waals surface area contributed by atoms with Gasteiger partial charge in [0.05, 0.1) is 6.61 Å². The molecule has 1 aliphatic carbocycles. The van der Waals surface area contributed by atoms with Crippen LogP contribution in [0, 0.1) is 13.8 Å². The van der Waals surface area contributed by atoms with Crippen LogP contribution < -0.4 is 9.47 Å². The van der Waals surface area contributed by atoms with Gasteiger partial charge in [0.25, 0.3) is 0 Å². The van der Waals surface area contributed by atoms with E-state index in [-0.39, 0.29) is 29.1 Å². The molecule has 3 aromatic rings. The monoisotopic (exact) mass is 494 g/mol. The lowest BCUT2D eigenvalue weighted by molar-refractivity contribution is -0.130. The van der Waals surface area contributed by atoms with E-state index in [1.165, 1.54) is 0 Å². The van der Waals surface area contributed by atoms with Gasteiger partial charge in [0.1, 0.15) is 17.3 Å². The van der Waals surface area contributed by atoms with Gasteiger partial charge in [-0.25, -0.2) is 4.79 Å². The molecule has 1 aliphatic heterocycles. The molecule has 0 amide bonds. The van der Waals surface area contributed by atoms with E-state index in [0.29, 0.717) is 29.9 Å². The molecule has 1 atom stereocenters. The maximum absolute atomic E-state index is 13.5. The first-order valence-corrected chi connectivity index (χ1v) is 12.6. The van der Waals surface area contributed by atoms with E-state index >= 15 is 0 Å². The average Bonchev–Trinajstić information content (AvgIpc) is 3.35. The number of fused-ring (bicyclic) bond motifs is 2. The summed E-state index contributed by atoms with van der Waals surface area (Å²) in [7, 11) is 0. The van der Waals surface area contributed by atoms with Crippen LogP contribution in [0.3, 0.4) is 0 Å². The lowest BCUT2D eigenvalue weighted by atomic mass is 9.76. The van der Waals surface area contributed by atoms with E-state index in [9.17, 15) is 14.7 Å². The molecule has 0 fully saturated rings. The van der Waals surface area contributed by atoms with Gasteiger partial charge in [0, 0.05) is 35.5 Å². The number of carbonyl (C=O) groups excluding carboxylic acids is 2. The number of ketones is 1. The maximum atomic E-state index is 13.5. The van der Waals surface area contributed by atoms with Crippen LogP contribution in [0.2, 0.25) is 0 Å². The average molecular weight is 495 g/mol. The summed E-state index contributed by atoms with van der Waals surface area (Å²) in [5, 5.41) is 11.4. The Kier molecular flexibility index (Phi) is 6.46. The Hall–Kier alpha value is -4.12. The van der Waals surface area contributed by atoms with E-state index in [1.54, 1.807) is 6.07 Å². The van der Waals surface area contributed by atoms with Gasteiger partial charge in [0.15, 0.2) is 5.78 Å². The van der Waals surface area contributed by atoms with E-state index < -0.39 is 11.9 Å². The van der Waals surface area contributed by atoms with Crippen molar-refractivity contribution < 1.29 is 24.2 Å². The summed E-state index contributed by atoms with van der Waals surface area (Å²) in [5.41, 5.74) is 6.27. The van der Waals surface area contributed by atoms with Crippen LogP contribution >= 0.6 is 0 Å². The fourth-order valence-electron chi connectivity index (χ4n) is 5.20. The molecule has 5 heteroatoms. The SMILES string of the molecule is C=C(C(=O)Oc1ccc(C)cc1CC)C(C1=C(O)c2cc(C)ccc2CC1=O)c1ccc2c(c1)CCO2. The number of aliphatic hydroxyl groups excluding tert-OH is 1. The van der Waals surface area contributed by atoms with E-state index in [2.05, 4.69) is 6.58 Å². The van der Waals surface area contributed by atoms with Crippen molar-refractivity contribution in [2.24, 2.45) is 0 Å². The van der Waals surface area contributed by atoms with E-state index in [0.717, 1.165) is 40.0 Å². The van der Waals surface area contributed by atoms with Crippen LogP contribution in [0.15, 0.2) is 72.3 Å². The summed E-state index contributed by atoms with van der Waals surface area (Å²) in [6, 6.07) is 16.9. The van der Waals surface area contributed by atoms with Crippen molar-refractivity contribution in [2.45, 2.75) is 46.0 Å². The van der Waals surface area contributed by atoms with Gasteiger partial charge < -0.3 is 14.6 Å². The predicted molar refractivity (Wildman–Crippen MR) is 143 cm³/mol. The summed E-state index contributed by atoms with van der Waals surface area (Å²) >= 11 is 0. The molecule has 3 aromatic carbocycles. The van der Waals surface area contributed by atoms with Crippen molar-refractivity contribution in [3.8, 4) is 11.5 Å². The second-order valence-corrected chi connectivity index (χ2v) is 9.80. The van der Waals surface area contributed by atoms with E-state index in [1.807, 2.05) is 69.3 Å². The summed E-state index contributed by atoms with van der Waals surface area (Å²) in [6.45, 7) is 10.6. The number of carbonyl (C=O) groups is 2. The number of ether oxygens (including phenoxy) is 2. The summed E-state index contributed by atoms with van der Waals surface area (Å²) in [6.07, 6.45) is 1.57. The van der Waals surface area contributed by atoms with Crippen LogP contribution in [0.4, 0.5) is 0 Å². The molecule has 0 saturated carbocycles. The Balaban J connectivity index is 1.61. The summed E-state index contributed by atoms with van der Waals surface area (Å²) in [5.74, 6) is -0.602. The zero-order valence-electron chi connectivity index (χ0n) is 21.4. The van der Waals surface area contributed by atoms with Crippen molar-refractivity contribution in [1.82, 2.24) is 0 Å². The lowest BCUT2D eigenvalue weighted by Crippen LogP contribution is -2.26. The molecule has 0 bridgehead atoms. The highest BCUT2D eigenvalue weighted by Gasteiger charge is 2.36. The normalized spacial score (nSPS) is 15.1. The van der Waals surface area contributed by atoms with Crippen LogP contribution in [-0.4, -0.2) is 23.5 Å². The zero-order chi connectivity index (χ0) is 26.3. The minimum Gasteiger partial charge on any atom is -0.507 e. The van der Waals surface area contributed by atoms with Crippen molar-refractivity contribution in [3.63, 3.8) is 0 Å². The first-order chi connectivity index (χ1) is 17.8. The van der Waals surface area contributed by atoms with Crippen molar-refractivity contribution in [1.29, 1.82) is 0 Å². The Bertz CT molecular complexity index is 1480. The number of benzene rings is 3. The number of hydrogen-bond donors (Lipinski definition) is 1. The van der Waals surface area contributed by atoms with Gasteiger partial charge in [-0.2, -0.15) is 0 Å². The molecule has 5 rings (SSSR count). The van der Waals surface area contributed by atoms with Crippen LogP contribution in [0.5, 0.6) is 11.5 Å². The molecule has 188 valence electrons. The number of hydrogen-bond acceptors (Lipinski definition) is 5. The largest absolute Gasteiger partial charge is 0.507 e. The van der Waals surface area contributed by atoms with Gasteiger partial charge in [-0.1, -0.05) is 61.0 Å². The highest BCUT2D eigenvalue weighted by atomic mass is 16.5. The Morgan fingerprint density at radius 1 is 1.05 bits per heavy atom. The second kappa shape index (κ2) is 9.74. The molecule has 0 radical (unpaired) electrons. The highest BCUT2D eigenvalue weighted by molar-refractivity contribution is 6.09. The van der Waals surface area contributed by atoms with Gasteiger partial charge >= 0.3 is 5.97 Å². The smallest absolute Gasteiger partial charge is 0.339 e. The van der Waals surface area contributed by atoms with Crippen LogP contribution in [0.1, 0.15) is 51.8 Å². The summed E-state index contributed by atoms with van der Waals surface area (Å²) < 4.78 is 11.5. The molecule has 1 N–H and O–H groups in total. The predicted octanol–water partition coefficient (Wildman–Crippen LogP) is 6.14. The van der Waals surface area contributed by atoms with Crippen molar-refractivity contribution in [2.75, 3.05) is 6.61 Å². The van der Waals surface area contributed by atoms with Crippen LogP contribution in [0.25, 0.3) is 5.76 Å². The van der Waals surface area contributed by atoms with Gasteiger partial charge in [-0.15, -0.1) is 0 Å². The molecule has 0 aromatic heterocycles. The molecule has 5 nitrogen and oxygen atoms in total. The number of esters is 1. The Morgan fingerprint density at radius 3 is 2.59 bits per heavy atom. The van der Waals surface area contributed by atoms with Gasteiger partial charge in [-0.3, -0.25) is 4.79 Å². The van der Waals surface area contributed by atoms with Crippen molar-refractivity contribution >= 4 is 17.5 Å². The third-order valence-electron chi connectivity index (χ3n) is 7.17. The first-order valence-electron chi connectivity index (χ1n) is 12.6. The number of allylic oxidation sites excluding steroid dienone is 1. The number of aliphatic hydroxyl groups is 1. The lowest BCUT2D eigenvalue weighted by Gasteiger charge is -2.27. The summed E-state index contributed by atoms with van der Waals surface area (Å²) in [4.78, 5) is 27.0. The van der Waals surface area contributed by atoms with Crippen LogP contribution in [-0.2, 0) is 28.9 Å². The van der Waals surface area contributed by atoms with Crippen molar-refractivity contribution in [3.05, 3.63) is 111 Å². The third kappa shape index (κ3) is 4.57. The van der Waals surface area contributed by atoms with E-state index in [4.69, 9.17) is 9.47 Å². The minimum absolute atomic E-state index is 0.0903. The molecule has 1 unspecified atom stereocenters. The first kappa shape index (κ1) is 24.6. The number of Topliss-reactive ketones (excluding diaryl/α,β-unsaturated/α-hetero) is 1. The molecule has 0 saturated heterocycles. The second-order valence-electron chi connectivity index (χ2n) is 9.80. The fourth-order valence-corrected chi connectivity index (χ4v) is 5.20. The zero-order valence-corrected chi connectivity index (χ0v) is 21.4. The maximum Gasteiger partial charge on any atom is 0.339 e. The molecule has 2 aliphatic rings. The molecular weight excluding hydrogens is 464 g/mol. The molecule has 0 spiro atoms. The third-order valence-corrected chi connectivity index (χ3v) is 7.17. The molecular formula is C32H30O5. The Labute approximate surface area is 217 Å². The number of aryl methyl sites for hydroxylation is 3. The quantitative estimate of drug-likeness (QED) is 0.253. The Morgan fingerprint density at radius 2 is 1.81 bits per heavy atom. The number of rotatable bonds is 6. The minimum atomic E-state index is -0.866. The van der Waals surface area contributed by atoms with Gasteiger partial charge in [0.2, 0.25) is 0 Å². The van der Waals surface area contributed by atoms with Gasteiger partial charge in [-0.05, 0) is 60.7 Å². The fraction of sp³-hybridized carbons (Fsp3) is 0.250. The molecule has 1 heterocycles. The highest BCUT2D eigenvalue weighted by Crippen LogP contribution is 2.42.